The van der Waals surface area contributed by atoms with Crippen LogP contribution in [0.2, 0.25) is 0 Å². The SMILES string of the molecule is COc1ccc(C(C)Nc2ccc(F)cc2OC)c(F)c1. The standard InChI is InChI=1S/C16H17F2NO2/c1-10(13-6-5-12(20-2)9-14(13)18)19-15-7-4-11(17)8-16(15)21-3/h4-10,19H,1-3H3. The average Bonchev–Trinajstić information content (AvgIpc) is 2.48. The molecule has 0 saturated carbocycles. The Morgan fingerprint density at radius 3 is 2.38 bits per heavy atom. The largest absolute Gasteiger partial charge is 0.497 e. The van der Waals surface area contributed by atoms with Crippen LogP contribution in [0.1, 0.15) is 18.5 Å². The smallest absolute Gasteiger partial charge is 0.144 e. The number of nitrogens with one attached hydrogen (secondary N) is 1. The second-order valence-corrected chi connectivity index (χ2v) is 4.60. The van der Waals surface area contributed by atoms with Gasteiger partial charge in [0.15, 0.2) is 0 Å². The van der Waals surface area contributed by atoms with Gasteiger partial charge in [0.2, 0.25) is 0 Å². The summed E-state index contributed by atoms with van der Waals surface area (Å²) in [6.45, 7) is 1.81. The van der Waals surface area contributed by atoms with Crippen molar-refractivity contribution in [2.24, 2.45) is 0 Å². The predicted molar refractivity (Wildman–Crippen MR) is 77.9 cm³/mol. The molecular formula is C16H17F2NO2. The number of rotatable bonds is 5. The minimum atomic E-state index is -0.388. The molecule has 0 spiro atoms. The van der Waals surface area contributed by atoms with Crippen LogP contribution in [0.4, 0.5) is 14.5 Å². The average molecular weight is 293 g/mol. The van der Waals surface area contributed by atoms with Crippen molar-refractivity contribution < 1.29 is 18.3 Å². The molecule has 5 heteroatoms. The van der Waals surface area contributed by atoms with Crippen LogP contribution in [0.25, 0.3) is 0 Å². The Morgan fingerprint density at radius 1 is 1.00 bits per heavy atom. The third-order valence-corrected chi connectivity index (χ3v) is 3.21. The first-order valence-electron chi connectivity index (χ1n) is 6.48. The fourth-order valence-electron chi connectivity index (χ4n) is 2.08. The molecule has 2 aromatic rings. The molecule has 0 saturated heterocycles. The number of halogens is 2. The van der Waals surface area contributed by atoms with Gasteiger partial charge in [0.05, 0.1) is 25.9 Å². The lowest BCUT2D eigenvalue weighted by atomic mass is 10.1. The summed E-state index contributed by atoms with van der Waals surface area (Å²) >= 11 is 0. The lowest BCUT2D eigenvalue weighted by Crippen LogP contribution is -2.09. The van der Waals surface area contributed by atoms with Gasteiger partial charge in [-0.3, -0.25) is 0 Å². The van der Waals surface area contributed by atoms with Gasteiger partial charge in [-0.25, -0.2) is 8.78 Å². The summed E-state index contributed by atoms with van der Waals surface area (Å²) in [5, 5.41) is 3.11. The first-order valence-corrected chi connectivity index (χ1v) is 6.48. The van der Waals surface area contributed by atoms with E-state index in [9.17, 15) is 8.78 Å². The molecule has 0 aliphatic heterocycles. The Morgan fingerprint density at radius 2 is 1.76 bits per heavy atom. The van der Waals surface area contributed by atoms with Gasteiger partial charge in [-0.15, -0.1) is 0 Å². The van der Waals surface area contributed by atoms with Gasteiger partial charge >= 0.3 is 0 Å². The van der Waals surface area contributed by atoms with Gasteiger partial charge in [0.1, 0.15) is 23.1 Å². The summed E-state index contributed by atoms with van der Waals surface area (Å²) in [7, 11) is 2.94. The topological polar surface area (TPSA) is 30.5 Å². The third kappa shape index (κ3) is 3.42. The number of anilines is 1. The molecule has 1 atom stereocenters. The maximum absolute atomic E-state index is 14.0. The highest BCUT2D eigenvalue weighted by atomic mass is 19.1. The second-order valence-electron chi connectivity index (χ2n) is 4.60. The van der Waals surface area contributed by atoms with Crippen LogP contribution in [0.5, 0.6) is 11.5 Å². The van der Waals surface area contributed by atoms with Crippen molar-refractivity contribution >= 4 is 5.69 Å². The van der Waals surface area contributed by atoms with Crippen molar-refractivity contribution in [3.05, 3.63) is 53.6 Å². The molecule has 21 heavy (non-hydrogen) atoms. The zero-order chi connectivity index (χ0) is 15.4. The minimum Gasteiger partial charge on any atom is -0.497 e. The van der Waals surface area contributed by atoms with E-state index in [-0.39, 0.29) is 17.7 Å². The summed E-state index contributed by atoms with van der Waals surface area (Å²) in [5.41, 5.74) is 1.09. The van der Waals surface area contributed by atoms with E-state index in [1.54, 1.807) is 18.2 Å². The number of hydrogen-bond donors (Lipinski definition) is 1. The maximum atomic E-state index is 14.0. The van der Waals surface area contributed by atoms with Crippen molar-refractivity contribution in [3.63, 3.8) is 0 Å². The zero-order valence-corrected chi connectivity index (χ0v) is 12.1. The molecule has 2 rings (SSSR count). The summed E-state index contributed by atoms with van der Waals surface area (Å²) in [6.07, 6.45) is 0. The van der Waals surface area contributed by atoms with E-state index >= 15 is 0 Å². The number of hydrogen-bond acceptors (Lipinski definition) is 3. The predicted octanol–water partition coefficient (Wildman–Crippen LogP) is 4.16. The van der Waals surface area contributed by atoms with Gasteiger partial charge in [-0.05, 0) is 25.1 Å². The molecule has 3 nitrogen and oxygen atoms in total. The lowest BCUT2D eigenvalue weighted by molar-refractivity contribution is 0.410. The van der Waals surface area contributed by atoms with E-state index in [4.69, 9.17) is 9.47 Å². The van der Waals surface area contributed by atoms with Crippen LogP contribution < -0.4 is 14.8 Å². The molecule has 0 aromatic heterocycles. The van der Waals surface area contributed by atoms with Crippen LogP contribution in [-0.4, -0.2) is 14.2 Å². The minimum absolute atomic E-state index is 0.310. The van der Waals surface area contributed by atoms with Crippen LogP contribution in [0, 0.1) is 11.6 Å². The van der Waals surface area contributed by atoms with Gasteiger partial charge in [0.25, 0.3) is 0 Å². The van der Waals surface area contributed by atoms with Crippen LogP contribution in [-0.2, 0) is 0 Å². The van der Waals surface area contributed by atoms with Crippen LogP contribution in [0.3, 0.4) is 0 Å². The van der Waals surface area contributed by atoms with Crippen LogP contribution in [0.15, 0.2) is 36.4 Å². The molecule has 0 radical (unpaired) electrons. The summed E-state index contributed by atoms with van der Waals surface area (Å²) in [4.78, 5) is 0. The van der Waals surface area contributed by atoms with E-state index in [1.807, 2.05) is 6.92 Å². The highest BCUT2D eigenvalue weighted by Gasteiger charge is 2.14. The Labute approximate surface area is 122 Å². The molecule has 112 valence electrons. The maximum Gasteiger partial charge on any atom is 0.144 e. The Kier molecular flexibility index (Phi) is 4.62. The van der Waals surface area contributed by atoms with Gasteiger partial charge in [-0.2, -0.15) is 0 Å². The Hall–Kier alpha value is -2.30. The molecule has 0 fully saturated rings. The quantitative estimate of drug-likeness (QED) is 0.898. The number of ether oxygens (including phenoxy) is 2. The summed E-state index contributed by atoms with van der Waals surface area (Å²) in [6, 6.07) is 8.53. The monoisotopic (exact) mass is 293 g/mol. The fourth-order valence-corrected chi connectivity index (χ4v) is 2.08. The molecule has 0 aliphatic rings. The van der Waals surface area contributed by atoms with Gasteiger partial charge in [0, 0.05) is 17.7 Å². The van der Waals surface area contributed by atoms with Crippen molar-refractivity contribution in [1.29, 1.82) is 0 Å². The molecule has 0 bridgehead atoms. The molecule has 0 aliphatic carbocycles. The second kappa shape index (κ2) is 6.43. The van der Waals surface area contributed by atoms with Crippen molar-refractivity contribution in [3.8, 4) is 11.5 Å². The van der Waals surface area contributed by atoms with E-state index in [2.05, 4.69) is 5.32 Å². The molecule has 0 amide bonds. The van der Waals surface area contributed by atoms with Gasteiger partial charge < -0.3 is 14.8 Å². The van der Waals surface area contributed by atoms with Crippen molar-refractivity contribution in [2.45, 2.75) is 13.0 Å². The Bertz CT molecular complexity index is 632. The Balaban J connectivity index is 2.23. The molecule has 1 unspecified atom stereocenters. The highest BCUT2D eigenvalue weighted by molar-refractivity contribution is 5.57. The molecule has 2 aromatic carbocycles. The first kappa shape index (κ1) is 15.1. The van der Waals surface area contributed by atoms with Crippen molar-refractivity contribution in [1.82, 2.24) is 0 Å². The van der Waals surface area contributed by atoms with Crippen molar-refractivity contribution in [2.75, 3.05) is 19.5 Å². The third-order valence-electron chi connectivity index (χ3n) is 3.21. The lowest BCUT2D eigenvalue weighted by Gasteiger charge is -2.18. The molecule has 0 heterocycles. The fraction of sp³-hybridized carbons (Fsp3) is 0.250. The van der Waals surface area contributed by atoms with E-state index in [0.717, 1.165) is 0 Å². The van der Waals surface area contributed by atoms with E-state index in [0.29, 0.717) is 22.7 Å². The number of methoxy groups -OCH3 is 2. The van der Waals surface area contributed by atoms with Crippen LogP contribution >= 0.6 is 0 Å². The number of benzene rings is 2. The van der Waals surface area contributed by atoms with E-state index < -0.39 is 0 Å². The first-order chi connectivity index (χ1) is 10.0. The summed E-state index contributed by atoms with van der Waals surface area (Å²) in [5.74, 6) is 0.0784. The zero-order valence-electron chi connectivity index (χ0n) is 12.1. The normalized spacial score (nSPS) is 11.9. The highest BCUT2D eigenvalue weighted by Crippen LogP contribution is 2.30. The van der Waals surface area contributed by atoms with Gasteiger partial charge in [-0.1, -0.05) is 6.07 Å². The van der Waals surface area contributed by atoms with E-state index in [1.165, 1.54) is 32.4 Å². The summed E-state index contributed by atoms with van der Waals surface area (Å²) < 4.78 is 37.3. The molecular weight excluding hydrogens is 276 g/mol. The molecule has 1 N–H and O–H groups in total.